The molecular formula is C10H14BrCl2NO2S2. The van der Waals surface area contributed by atoms with Crippen LogP contribution in [0.5, 0.6) is 0 Å². The van der Waals surface area contributed by atoms with E-state index < -0.39 is 10.0 Å². The molecule has 18 heavy (non-hydrogen) atoms. The van der Waals surface area contributed by atoms with E-state index in [9.17, 15) is 8.42 Å². The molecule has 0 aliphatic heterocycles. The van der Waals surface area contributed by atoms with E-state index in [1.807, 2.05) is 20.8 Å². The van der Waals surface area contributed by atoms with Crippen molar-refractivity contribution in [2.75, 3.05) is 6.54 Å². The van der Waals surface area contributed by atoms with Crippen LogP contribution in [0.1, 0.15) is 27.2 Å². The van der Waals surface area contributed by atoms with Crippen LogP contribution in [0, 0.1) is 5.41 Å². The summed E-state index contributed by atoms with van der Waals surface area (Å²) in [5, 5.41) is 0. The molecule has 0 amide bonds. The van der Waals surface area contributed by atoms with Crippen molar-refractivity contribution in [3.63, 3.8) is 0 Å². The van der Waals surface area contributed by atoms with E-state index in [4.69, 9.17) is 23.2 Å². The van der Waals surface area contributed by atoms with Crippen LogP contribution in [0.3, 0.4) is 0 Å². The Morgan fingerprint density at radius 3 is 2.22 bits per heavy atom. The molecule has 1 aromatic rings. The van der Waals surface area contributed by atoms with Gasteiger partial charge >= 0.3 is 0 Å². The highest BCUT2D eigenvalue weighted by Crippen LogP contribution is 2.42. The highest BCUT2D eigenvalue weighted by molar-refractivity contribution is 9.10. The molecule has 0 aliphatic carbocycles. The number of sulfonamides is 1. The quantitative estimate of drug-likeness (QED) is 0.815. The van der Waals surface area contributed by atoms with Crippen LogP contribution in [-0.2, 0) is 10.0 Å². The number of hydrogen-bond acceptors (Lipinski definition) is 3. The maximum absolute atomic E-state index is 12.1. The average Bonchev–Trinajstić information content (AvgIpc) is 2.38. The molecule has 0 bridgehead atoms. The number of halogens is 3. The first-order chi connectivity index (χ1) is 8.04. The number of hydrogen-bond donors (Lipinski definition) is 1. The van der Waals surface area contributed by atoms with Gasteiger partial charge in [-0.15, -0.1) is 11.3 Å². The molecule has 0 radical (unpaired) electrons. The van der Waals surface area contributed by atoms with Crippen LogP contribution in [0.15, 0.2) is 9.37 Å². The van der Waals surface area contributed by atoms with Crippen molar-refractivity contribution in [3.8, 4) is 0 Å². The Morgan fingerprint density at radius 2 is 1.83 bits per heavy atom. The van der Waals surface area contributed by atoms with Gasteiger partial charge in [-0.05, 0) is 27.8 Å². The lowest BCUT2D eigenvalue weighted by atomic mass is 9.93. The van der Waals surface area contributed by atoms with Crippen LogP contribution in [-0.4, -0.2) is 15.0 Å². The van der Waals surface area contributed by atoms with Crippen molar-refractivity contribution in [2.45, 2.75) is 32.1 Å². The molecule has 104 valence electrons. The van der Waals surface area contributed by atoms with E-state index in [0.29, 0.717) is 15.4 Å². The highest BCUT2D eigenvalue weighted by Gasteiger charge is 2.26. The molecule has 0 saturated heterocycles. The zero-order valence-corrected chi connectivity index (χ0v) is 14.9. The topological polar surface area (TPSA) is 46.2 Å². The van der Waals surface area contributed by atoms with Gasteiger partial charge in [0.2, 0.25) is 10.0 Å². The summed E-state index contributed by atoms with van der Waals surface area (Å²) >= 11 is 15.9. The summed E-state index contributed by atoms with van der Waals surface area (Å²) < 4.78 is 27.5. The van der Waals surface area contributed by atoms with Crippen molar-refractivity contribution in [1.29, 1.82) is 0 Å². The van der Waals surface area contributed by atoms with Crippen LogP contribution >= 0.6 is 50.5 Å². The van der Waals surface area contributed by atoms with Crippen molar-refractivity contribution >= 4 is 60.5 Å². The predicted octanol–water partition coefficient (Wildman–Crippen LogP) is 4.53. The van der Waals surface area contributed by atoms with Gasteiger partial charge in [0.25, 0.3) is 0 Å². The van der Waals surface area contributed by atoms with E-state index in [1.165, 1.54) is 0 Å². The Hall–Kier alpha value is 0.670. The second kappa shape index (κ2) is 5.97. The Balaban J connectivity index is 2.88. The molecular weight excluding hydrogens is 381 g/mol. The van der Waals surface area contributed by atoms with Gasteiger partial charge in [0.05, 0.1) is 4.47 Å². The van der Waals surface area contributed by atoms with E-state index in [0.717, 1.165) is 17.8 Å². The second-order valence-electron chi connectivity index (χ2n) is 5.00. The highest BCUT2D eigenvalue weighted by atomic mass is 79.9. The third-order valence-electron chi connectivity index (χ3n) is 2.17. The first-order valence-electron chi connectivity index (χ1n) is 5.17. The summed E-state index contributed by atoms with van der Waals surface area (Å²) in [4.78, 5) is 0.0214. The van der Waals surface area contributed by atoms with E-state index in [2.05, 4.69) is 20.7 Å². The minimum Gasteiger partial charge on any atom is -0.211 e. The molecule has 8 heteroatoms. The molecule has 0 spiro atoms. The second-order valence-corrected chi connectivity index (χ2v) is 9.72. The summed E-state index contributed by atoms with van der Waals surface area (Å²) in [5.41, 5.74) is 0.0653. The molecule has 1 N–H and O–H groups in total. The minimum absolute atomic E-state index is 0.0214. The summed E-state index contributed by atoms with van der Waals surface area (Å²) in [6.07, 6.45) is 0.735. The number of nitrogens with one attached hydrogen (secondary N) is 1. The summed E-state index contributed by atoms with van der Waals surface area (Å²) in [5.74, 6) is 0. The lowest BCUT2D eigenvalue weighted by Crippen LogP contribution is -2.27. The van der Waals surface area contributed by atoms with E-state index in [-0.39, 0.29) is 14.6 Å². The van der Waals surface area contributed by atoms with Crippen molar-refractivity contribution in [3.05, 3.63) is 13.1 Å². The zero-order chi connectivity index (χ0) is 14.1. The normalized spacial score (nSPS) is 13.0. The third-order valence-corrected chi connectivity index (χ3v) is 7.09. The first-order valence-corrected chi connectivity index (χ1v) is 9.02. The fourth-order valence-electron chi connectivity index (χ4n) is 1.20. The van der Waals surface area contributed by atoms with Crippen LogP contribution in [0.25, 0.3) is 0 Å². The molecule has 0 aromatic carbocycles. The molecule has 0 atom stereocenters. The molecule has 0 fully saturated rings. The smallest absolute Gasteiger partial charge is 0.211 e. The molecule has 0 aliphatic rings. The molecule has 1 aromatic heterocycles. The Bertz CT molecular complexity index is 535. The van der Waals surface area contributed by atoms with Gasteiger partial charge in [-0.3, -0.25) is 0 Å². The van der Waals surface area contributed by atoms with Crippen LogP contribution in [0.2, 0.25) is 8.67 Å². The van der Waals surface area contributed by atoms with Gasteiger partial charge in [0.15, 0.2) is 0 Å². The minimum atomic E-state index is -3.63. The van der Waals surface area contributed by atoms with Gasteiger partial charge in [-0.25, -0.2) is 13.1 Å². The van der Waals surface area contributed by atoms with Crippen molar-refractivity contribution in [2.24, 2.45) is 5.41 Å². The number of thiophene rings is 1. The molecule has 0 saturated carbocycles. The Labute approximate surface area is 130 Å². The lowest BCUT2D eigenvalue weighted by molar-refractivity contribution is 0.378. The van der Waals surface area contributed by atoms with E-state index >= 15 is 0 Å². The monoisotopic (exact) mass is 393 g/mol. The van der Waals surface area contributed by atoms with Gasteiger partial charge in [-0.1, -0.05) is 44.0 Å². The van der Waals surface area contributed by atoms with Gasteiger partial charge in [-0.2, -0.15) is 0 Å². The summed E-state index contributed by atoms with van der Waals surface area (Å²) in [7, 11) is -3.63. The van der Waals surface area contributed by atoms with Gasteiger partial charge in [0.1, 0.15) is 13.6 Å². The third kappa shape index (κ3) is 4.35. The standard InChI is InChI=1S/C10H14BrCl2NO2S2/c1-10(2,3)4-5-14-18(15,16)7-6(11)8(12)17-9(7)13/h14H,4-5H2,1-3H3. The Kier molecular flexibility index (Phi) is 5.55. The molecule has 1 rings (SSSR count). The molecule has 3 nitrogen and oxygen atoms in total. The van der Waals surface area contributed by atoms with Gasteiger partial charge in [0, 0.05) is 6.54 Å². The van der Waals surface area contributed by atoms with Crippen LogP contribution < -0.4 is 4.72 Å². The fourth-order valence-corrected chi connectivity index (χ4v) is 5.79. The maximum Gasteiger partial charge on any atom is 0.244 e. The zero-order valence-electron chi connectivity index (χ0n) is 10.2. The maximum atomic E-state index is 12.1. The molecule has 1 heterocycles. The summed E-state index contributed by atoms with van der Waals surface area (Å²) in [6, 6.07) is 0. The van der Waals surface area contributed by atoms with Crippen molar-refractivity contribution < 1.29 is 8.42 Å². The Morgan fingerprint density at radius 1 is 1.28 bits per heavy atom. The first kappa shape index (κ1) is 16.7. The van der Waals surface area contributed by atoms with Crippen molar-refractivity contribution in [1.82, 2.24) is 4.72 Å². The average molecular weight is 395 g/mol. The molecule has 0 unspecified atom stereocenters. The fraction of sp³-hybridized carbons (Fsp3) is 0.600. The summed E-state index contributed by atoms with van der Waals surface area (Å²) in [6.45, 7) is 6.50. The predicted molar refractivity (Wildman–Crippen MR) is 81.3 cm³/mol. The van der Waals surface area contributed by atoms with E-state index in [1.54, 1.807) is 0 Å². The SMILES string of the molecule is CC(C)(C)CCNS(=O)(=O)c1c(Cl)sc(Cl)c1Br. The van der Waals surface area contributed by atoms with Gasteiger partial charge < -0.3 is 0 Å². The lowest BCUT2D eigenvalue weighted by Gasteiger charge is -2.18. The van der Waals surface area contributed by atoms with Crippen LogP contribution in [0.4, 0.5) is 0 Å². The largest absolute Gasteiger partial charge is 0.244 e. The number of rotatable bonds is 4.